The Morgan fingerprint density at radius 2 is 1.59 bits per heavy atom. The van der Waals surface area contributed by atoms with Crippen LogP contribution in [0.15, 0.2) is 48.5 Å². The number of imide groups is 2. The zero-order chi connectivity index (χ0) is 20.1. The number of fused-ring (bicyclic) bond motifs is 3. The molecule has 0 saturated heterocycles. The monoisotopic (exact) mass is 389 g/mol. The summed E-state index contributed by atoms with van der Waals surface area (Å²) >= 11 is 0. The first-order valence-corrected chi connectivity index (χ1v) is 9.74. The molecule has 29 heavy (non-hydrogen) atoms. The van der Waals surface area contributed by atoms with E-state index < -0.39 is 24.3 Å². The Balaban J connectivity index is 1.48. The molecule has 146 valence electrons. The van der Waals surface area contributed by atoms with Crippen LogP contribution in [0, 0.1) is 5.92 Å². The molecular formula is C22H19N3O4. The van der Waals surface area contributed by atoms with Gasteiger partial charge >= 0.3 is 0 Å². The fraction of sp³-hybridized carbons (Fsp3) is 0.273. The first kappa shape index (κ1) is 17.6. The molecule has 0 bridgehead atoms. The van der Waals surface area contributed by atoms with Gasteiger partial charge in [0, 0.05) is 6.04 Å². The molecule has 0 radical (unpaired) electrons. The van der Waals surface area contributed by atoms with Crippen LogP contribution in [0.5, 0.6) is 0 Å². The molecule has 0 spiro atoms. The van der Waals surface area contributed by atoms with Gasteiger partial charge in [-0.2, -0.15) is 0 Å². The second kappa shape index (κ2) is 6.55. The average molecular weight is 389 g/mol. The Hall–Kier alpha value is -3.48. The van der Waals surface area contributed by atoms with Gasteiger partial charge in [0.15, 0.2) is 0 Å². The molecule has 2 heterocycles. The standard InChI is InChI=1S/C22H19N3O4/c26-19(12-24-20(27)13-6-1-2-7-14(13)21(24)28)25-18-11-4-3-9-17(18)23-16-10-5-8-15(16)22(25)29/h1-4,6-7,9,11,15-16,23H,5,8,10,12H2. The Morgan fingerprint density at radius 3 is 2.31 bits per heavy atom. The van der Waals surface area contributed by atoms with E-state index in [9.17, 15) is 19.2 Å². The van der Waals surface area contributed by atoms with Gasteiger partial charge in [-0.05, 0) is 37.1 Å². The van der Waals surface area contributed by atoms with Crippen LogP contribution in [0.1, 0.15) is 40.0 Å². The summed E-state index contributed by atoms with van der Waals surface area (Å²) in [5.74, 6) is -2.16. The third kappa shape index (κ3) is 2.65. The quantitative estimate of drug-likeness (QED) is 0.798. The van der Waals surface area contributed by atoms with Crippen molar-refractivity contribution in [2.24, 2.45) is 5.92 Å². The molecule has 0 aromatic heterocycles. The van der Waals surface area contributed by atoms with Crippen LogP contribution in [-0.2, 0) is 9.59 Å². The van der Waals surface area contributed by atoms with Crippen LogP contribution < -0.4 is 10.2 Å². The minimum atomic E-state index is -0.577. The van der Waals surface area contributed by atoms with Gasteiger partial charge in [-0.1, -0.05) is 30.7 Å². The van der Waals surface area contributed by atoms with Gasteiger partial charge in [-0.15, -0.1) is 0 Å². The molecule has 5 rings (SSSR count). The van der Waals surface area contributed by atoms with Gasteiger partial charge < -0.3 is 5.32 Å². The summed E-state index contributed by atoms with van der Waals surface area (Å²) in [6, 6.07) is 13.6. The van der Waals surface area contributed by atoms with E-state index >= 15 is 0 Å². The number of benzene rings is 2. The third-order valence-corrected chi connectivity index (χ3v) is 5.96. The molecule has 1 fully saturated rings. The fourth-order valence-electron chi connectivity index (χ4n) is 4.55. The number of carbonyl (C=O) groups excluding carboxylic acids is 4. The van der Waals surface area contributed by atoms with Crippen molar-refractivity contribution in [3.05, 3.63) is 59.7 Å². The van der Waals surface area contributed by atoms with E-state index in [0.29, 0.717) is 17.8 Å². The van der Waals surface area contributed by atoms with Crippen molar-refractivity contribution < 1.29 is 19.2 Å². The van der Waals surface area contributed by atoms with E-state index in [1.165, 1.54) is 0 Å². The van der Waals surface area contributed by atoms with Crippen LogP contribution in [0.2, 0.25) is 0 Å². The lowest BCUT2D eigenvalue weighted by Gasteiger charge is -2.25. The zero-order valence-electron chi connectivity index (χ0n) is 15.6. The molecule has 1 saturated carbocycles. The third-order valence-electron chi connectivity index (χ3n) is 5.96. The average Bonchev–Trinajstić information content (AvgIpc) is 3.25. The first-order chi connectivity index (χ1) is 14.1. The summed E-state index contributed by atoms with van der Waals surface area (Å²) in [5.41, 5.74) is 1.75. The van der Waals surface area contributed by atoms with Crippen LogP contribution in [-0.4, -0.2) is 41.1 Å². The second-order valence-electron chi connectivity index (χ2n) is 7.61. The van der Waals surface area contributed by atoms with E-state index in [1.807, 2.05) is 12.1 Å². The zero-order valence-corrected chi connectivity index (χ0v) is 15.6. The number of para-hydroxylation sites is 2. The summed E-state index contributed by atoms with van der Waals surface area (Å²) in [5, 5.41) is 3.40. The Kier molecular flexibility index (Phi) is 3.97. The van der Waals surface area contributed by atoms with E-state index in [1.54, 1.807) is 36.4 Å². The summed E-state index contributed by atoms with van der Waals surface area (Å²) in [6.45, 7) is -0.468. The maximum Gasteiger partial charge on any atom is 0.262 e. The fourth-order valence-corrected chi connectivity index (χ4v) is 4.55. The largest absolute Gasteiger partial charge is 0.380 e. The number of rotatable bonds is 2. The minimum absolute atomic E-state index is 0.0132. The number of nitrogens with one attached hydrogen (secondary N) is 1. The number of anilines is 2. The van der Waals surface area contributed by atoms with Crippen LogP contribution in [0.4, 0.5) is 11.4 Å². The lowest BCUT2D eigenvalue weighted by molar-refractivity contribution is -0.128. The first-order valence-electron chi connectivity index (χ1n) is 9.74. The van der Waals surface area contributed by atoms with Crippen molar-refractivity contribution in [1.29, 1.82) is 0 Å². The predicted molar refractivity (Wildman–Crippen MR) is 105 cm³/mol. The number of amides is 4. The summed E-state index contributed by atoms with van der Waals surface area (Å²) in [4.78, 5) is 53.9. The van der Waals surface area contributed by atoms with Crippen molar-refractivity contribution in [3.8, 4) is 0 Å². The number of hydrogen-bond donors (Lipinski definition) is 1. The SMILES string of the molecule is O=C1c2ccccc2C(=O)N1CC(=O)N1C(=O)C2CCCC2Nc2ccccc21. The van der Waals surface area contributed by atoms with Crippen LogP contribution in [0.3, 0.4) is 0 Å². The van der Waals surface area contributed by atoms with Gasteiger partial charge in [-0.25, -0.2) is 4.90 Å². The highest BCUT2D eigenvalue weighted by molar-refractivity contribution is 6.25. The van der Waals surface area contributed by atoms with Gasteiger partial charge in [0.25, 0.3) is 17.7 Å². The predicted octanol–water partition coefficient (Wildman–Crippen LogP) is 2.44. The van der Waals surface area contributed by atoms with Gasteiger partial charge in [0.2, 0.25) is 5.91 Å². The highest BCUT2D eigenvalue weighted by Gasteiger charge is 2.44. The topological polar surface area (TPSA) is 86.8 Å². The number of nitrogens with zero attached hydrogens (tertiary/aromatic N) is 2. The summed E-state index contributed by atoms with van der Waals surface area (Å²) < 4.78 is 0. The highest BCUT2D eigenvalue weighted by Crippen LogP contribution is 2.38. The molecule has 2 aromatic rings. The molecule has 1 N–H and O–H groups in total. The van der Waals surface area contributed by atoms with Crippen molar-refractivity contribution in [3.63, 3.8) is 0 Å². The van der Waals surface area contributed by atoms with Gasteiger partial charge in [0.05, 0.1) is 28.4 Å². The molecule has 3 aliphatic rings. The lowest BCUT2D eigenvalue weighted by atomic mass is 10.0. The molecule has 2 aliphatic heterocycles. The smallest absolute Gasteiger partial charge is 0.262 e. The molecule has 7 heteroatoms. The van der Waals surface area contributed by atoms with E-state index in [-0.39, 0.29) is 29.0 Å². The van der Waals surface area contributed by atoms with Crippen LogP contribution in [0.25, 0.3) is 0 Å². The van der Waals surface area contributed by atoms with Crippen molar-refractivity contribution in [2.45, 2.75) is 25.3 Å². The second-order valence-corrected chi connectivity index (χ2v) is 7.61. The molecule has 1 aliphatic carbocycles. The molecule has 7 nitrogen and oxygen atoms in total. The van der Waals surface area contributed by atoms with Crippen molar-refractivity contribution >= 4 is 35.0 Å². The maximum atomic E-state index is 13.3. The van der Waals surface area contributed by atoms with E-state index in [4.69, 9.17) is 0 Å². The molecule has 2 atom stereocenters. The minimum Gasteiger partial charge on any atom is -0.380 e. The van der Waals surface area contributed by atoms with Crippen molar-refractivity contribution in [1.82, 2.24) is 4.90 Å². The molecular weight excluding hydrogens is 370 g/mol. The Morgan fingerprint density at radius 1 is 0.931 bits per heavy atom. The highest BCUT2D eigenvalue weighted by atomic mass is 16.2. The maximum absolute atomic E-state index is 13.3. The summed E-state index contributed by atoms with van der Waals surface area (Å²) in [7, 11) is 0. The van der Waals surface area contributed by atoms with Gasteiger partial charge in [-0.3, -0.25) is 24.1 Å². The number of hydrogen-bond acceptors (Lipinski definition) is 5. The Labute approximate surface area is 167 Å². The van der Waals surface area contributed by atoms with E-state index in [0.717, 1.165) is 22.6 Å². The lowest BCUT2D eigenvalue weighted by Crippen LogP contribution is -2.48. The van der Waals surface area contributed by atoms with Gasteiger partial charge in [0.1, 0.15) is 6.54 Å². The van der Waals surface area contributed by atoms with Crippen LogP contribution >= 0.6 is 0 Å². The summed E-state index contributed by atoms with van der Waals surface area (Å²) in [6.07, 6.45) is 2.49. The normalized spacial score (nSPS) is 22.7. The molecule has 4 amide bonds. The molecule has 2 unspecified atom stereocenters. The Bertz CT molecular complexity index is 1030. The van der Waals surface area contributed by atoms with E-state index in [2.05, 4.69) is 5.32 Å². The molecule has 2 aromatic carbocycles. The van der Waals surface area contributed by atoms with Crippen molar-refractivity contribution in [2.75, 3.05) is 16.8 Å². The number of carbonyl (C=O) groups is 4.